The summed E-state index contributed by atoms with van der Waals surface area (Å²) in [7, 11) is 0. The molecule has 0 radical (unpaired) electrons. The average molecular weight is 166 g/mol. The normalized spacial score (nSPS) is 9.33. The van der Waals surface area contributed by atoms with E-state index in [4.69, 9.17) is 5.11 Å². The molecule has 0 unspecified atom stereocenters. The number of aromatic nitrogens is 2. The van der Waals surface area contributed by atoms with Gasteiger partial charge in [0.15, 0.2) is 0 Å². The van der Waals surface area contributed by atoms with Crippen molar-refractivity contribution in [3.8, 4) is 0 Å². The highest BCUT2D eigenvalue weighted by Gasteiger charge is 2.12. The SMILES string of the molecule is O=C(O)C(=O)Cc1cnccn1. The molecule has 62 valence electrons. The van der Waals surface area contributed by atoms with Crippen molar-refractivity contribution in [3.63, 3.8) is 0 Å². The summed E-state index contributed by atoms with van der Waals surface area (Å²) in [5.41, 5.74) is 0.366. The second kappa shape index (κ2) is 3.56. The van der Waals surface area contributed by atoms with Crippen LogP contribution in [0.15, 0.2) is 18.6 Å². The van der Waals surface area contributed by atoms with E-state index in [0.29, 0.717) is 5.69 Å². The van der Waals surface area contributed by atoms with E-state index in [1.807, 2.05) is 0 Å². The number of ketones is 1. The van der Waals surface area contributed by atoms with E-state index >= 15 is 0 Å². The molecule has 0 bridgehead atoms. The summed E-state index contributed by atoms with van der Waals surface area (Å²) in [6, 6.07) is 0. The number of rotatable bonds is 3. The lowest BCUT2D eigenvalue weighted by Gasteiger charge is -1.93. The average Bonchev–Trinajstić information content (AvgIpc) is 2.06. The quantitative estimate of drug-likeness (QED) is 0.622. The van der Waals surface area contributed by atoms with E-state index in [-0.39, 0.29) is 6.42 Å². The first kappa shape index (κ1) is 8.32. The molecule has 12 heavy (non-hydrogen) atoms. The molecule has 0 aromatic carbocycles. The van der Waals surface area contributed by atoms with Crippen molar-refractivity contribution in [2.45, 2.75) is 6.42 Å². The fraction of sp³-hybridized carbons (Fsp3) is 0.143. The van der Waals surface area contributed by atoms with Crippen molar-refractivity contribution in [3.05, 3.63) is 24.3 Å². The van der Waals surface area contributed by atoms with Crippen LogP contribution in [0.2, 0.25) is 0 Å². The molecule has 5 nitrogen and oxygen atoms in total. The summed E-state index contributed by atoms with van der Waals surface area (Å²) in [5.74, 6) is -2.32. The number of carboxylic acids is 1. The molecule has 1 aromatic heterocycles. The molecular formula is C7H6N2O3. The van der Waals surface area contributed by atoms with Crippen molar-refractivity contribution >= 4 is 11.8 Å². The van der Waals surface area contributed by atoms with Gasteiger partial charge in [0.25, 0.3) is 0 Å². The lowest BCUT2D eigenvalue weighted by atomic mass is 10.2. The first-order valence-corrected chi connectivity index (χ1v) is 3.21. The number of nitrogens with zero attached hydrogens (tertiary/aromatic N) is 2. The first-order valence-electron chi connectivity index (χ1n) is 3.21. The van der Waals surface area contributed by atoms with Gasteiger partial charge in [-0.2, -0.15) is 0 Å². The molecule has 1 aromatic rings. The van der Waals surface area contributed by atoms with Crippen LogP contribution in [0.5, 0.6) is 0 Å². The molecule has 0 aliphatic heterocycles. The molecule has 0 fully saturated rings. The Morgan fingerprint density at radius 2 is 2.17 bits per heavy atom. The smallest absolute Gasteiger partial charge is 0.372 e. The highest BCUT2D eigenvalue weighted by atomic mass is 16.4. The Morgan fingerprint density at radius 1 is 1.42 bits per heavy atom. The van der Waals surface area contributed by atoms with Crippen LogP contribution in [0, 0.1) is 0 Å². The third-order valence-electron chi connectivity index (χ3n) is 1.20. The van der Waals surface area contributed by atoms with Crippen molar-refractivity contribution in [1.29, 1.82) is 0 Å². The van der Waals surface area contributed by atoms with Crippen molar-refractivity contribution < 1.29 is 14.7 Å². The highest BCUT2D eigenvalue weighted by Crippen LogP contribution is 1.92. The number of carboxylic acid groups (broad SMARTS) is 1. The minimum Gasteiger partial charge on any atom is -0.475 e. The van der Waals surface area contributed by atoms with Gasteiger partial charge in [-0.1, -0.05) is 0 Å². The van der Waals surface area contributed by atoms with Gasteiger partial charge >= 0.3 is 5.97 Å². The Balaban J connectivity index is 2.65. The Morgan fingerprint density at radius 3 is 2.67 bits per heavy atom. The fourth-order valence-electron chi connectivity index (χ4n) is 0.661. The zero-order valence-corrected chi connectivity index (χ0v) is 6.10. The first-order chi connectivity index (χ1) is 5.70. The van der Waals surface area contributed by atoms with Crippen LogP contribution < -0.4 is 0 Å². The molecular weight excluding hydrogens is 160 g/mol. The summed E-state index contributed by atoms with van der Waals surface area (Å²) in [4.78, 5) is 28.2. The van der Waals surface area contributed by atoms with Crippen LogP contribution in [-0.2, 0) is 16.0 Å². The van der Waals surface area contributed by atoms with Crippen molar-refractivity contribution in [2.24, 2.45) is 0 Å². The molecule has 0 aliphatic rings. The summed E-state index contributed by atoms with van der Waals surface area (Å²) >= 11 is 0. The maximum Gasteiger partial charge on any atom is 0.372 e. The summed E-state index contributed by atoms with van der Waals surface area (Å²) < 4.78 is 0. The van der Waals surface area contributed by atoms with Crippen molar-refractivity contribution in [1.82, 2.24) is 9.97 Å². The van der Waals surface area contributed by atoms with Gasteiger partial charge in [0, 0.05) is 18.6 Å². The highest BCUT2D eigenvalue weighted by molar-refractivity contribution is 6.33. The zero-order chi connectivity index (χ0) is 8.97. The zero-order valence-electron chi connectivity index (χ0n) is 6.10. The topological polar surface area (TPSA) is 80.1 Å². The maximum atomic E-state index is 10.6. The molecule has 0 saturated carbocycles. The van der Waals surface area contributed by atoms with Gasteiger partial charge in [0.1, 0.15) is 0 Å². The number of carbonyl (C=O) groups is 2. The number of aliphatic carboxylic acids is 1. The monoisotopic (exact) mass is 166 g/mol. The summed E-state index contributed by atoms with van der Waals surface area (Å²) in [5, 5.41) is 8.25. The Kier molecular flexibility index (Phi) is 2.47. The predicted octanol–water partition coefficient (Wildman–Crippen LogP) is -0.327. The minimum absolute atomic E-state index is 0.205. The fourth-order valence-corrected chi connectivity index (χ4v) is 0.661. The largest absolute Gasteiger partial charge is 0.475 e. The van der Waals surface area contributed by atoms with E-state index in [1.165, 1.54) is 18.6 Å². The standard InChI is InChI=1S/C7H6N2O3/c10-6(7(11)12)3-5-4-8-1-2-9-5/h1-2,4H,3H2,(H,11,12). The van der Waals surface area contributed by atoms with E-state index in [1.54, 1.807) is 0 Å². The van der Waals surface area contributed by atoms with Gasteiger partial charge in [-0.25, -0.2) is 4.79 Å². The van der Waals surface area contributed by atoms with Gasteiger partial charge in [-0.15, -0.1) is 0 Å². The lowest BCUT2D eigenvalue weighted by Crippen LogP contribution is -2.15. The van der Waals surface area contributed by atoms with Crippen LogP contribution >= 0.6 is 0 Å². The third-order valence-corrected chi connectivity index (χ3v) is 1.20. The molecule has 1 N–H and O–H groups in total. The van der Waals surface area contributed by atoms with Crippen molar-refractivity contribution in [2.75, 3.05) is 0 Å². The Hall–Kier alpha value is -1.78. The molecule has 0 saturated heterocycles. The molecule has 0 amide bonds. The van der Waals surface area contributed by atoms with Gasteiger partial charge in [0.2, 0.25) is 5.78 Å². The molecule has 1 rings (SSSR count). The summed E-state index contributed by atoms with van der Waals surface area (Å²) in [6.45, 7) is 0. The van der Waals surface area contributed by atoms with Gasteiger partial charge in [-0.05, 0) is 0 Å². The van der Waals surface area contributed by atoms with Crippen LogP contribution in [-0.4, -0.2) is 26.8 Å². The Bertz CT molecular complexity index is 297. The van der Waals surface area contributed by atoms with Gasteiger partial charge in [-0.3, -0.25) is 14.8 Å². The number of Topliss-reactive ketones (excluding diaryl/α,β-unsaturated/α-hetero) is 1. The van der Waals surface area contributed by atoms with Crippen LogP contribution in [0.25, 0.3) is 0 Å². The molecule has 1 heterocycles. The second-order valence-electron chi connectivity index (χ2n) is 2.10. The molecule has 0 atom stereocenters. The van der Waals surface area contributed by atoms with Gasteiger partial charge < -0.3 is 5.11 Å². The van der Waals surface area contributed by atoms with E-state index < -0.39 is 11.8 Å². The second-order valence-corrected chi connectivity index (χ2v) is 2.10. The lowest BCUT2D eigenvalue weighted by molar-refractivity contribution is -0.148. The Labute approximate surface area is 68.1 Å². The van der Waals surface area contributed by atoms with E-state index in [0.717, 1.165) is 0 Å². The van der Waals surface area contributed by atoms with E-state index in [2.05, 4.69) is 9.97 Å². The molecule has 0 spiro atoms. The van der Waals surface area contributed by atoms with Crippen LogP contribution in [0.4, 0.5) is 0 Å². The van der Waals surface area contributed by atoms with Gasteiger partial charge in [0.05, 0.1) is 12.1 Å². The van der Waals surface area contributed by atoms with Crippen LogP contribution in [0.1, 0.15) is 5.69 Å². The number of hydrogen-bond donors (Lipinski definition) is 1. The maximum absolute atomic E-state index is 10.6. The van der Waals surface area contributed by atoms with E-state index in [9.17, 15) is 9.59 Å². The minimum atomic E-state index is -1.44. The number of carbonyl (C=O) groups excluding carboxylic acids is 1. The summed E-state index contributed by atoms with van der Waals surface area (Å²) in [6.07, 6.45) is 4.02. The molecule has 0 aliphatic carbocycles. The van der Waals surface area contributed by atoms with Crippen LogP contribution in [0.3, 0.4) is 0 Å². The molecule has 5 heteroatoms. The third kappa shape index (κ3) is 2.12. The predicted molar refractivity (Wildman–Crippen MR) is 38.4 cm³/mol. The number of hydrogen-bond acceptors (Lipinski definition) is 4.